The van der Waals surface area contributed by atoms with Crippen LogP contribution in [0.15, 0.2) is 24.3 Å². The van der Waals surface area contributed by atoms with E-state index >= 15 is 0 Å². The molecule has 3 nitrogen and oxygen atoms in total. The van der Waals surface area contributed by atoms with E-state index in [1.54, 1.807) is 6.92 Å². The molecule has 0 spiro atoms. The molecule has 1 atom stereocenters. The summed E-state index contributed by atoms with van der Waals surface area (Å²) in [4.78, 5) is 12.2. The molecular formula is C16H25NO2. The highest BCUT2D eigenvalue weighted by atomic mass is 16.3. The predicted octanol–water partition coefficient (Wildman–Crippen LogP) is 3.89. The normalized spacial score (nSPS) is 12.5. The summed E-state index contributed by atoms with van der Waals surface area (Å²) in [5, 5.41) is 12.5. The van der Waals surface area contributed by atoms with Crippen molar-refractivity contribution in [2.75, 3.05) is 5.32 Å². The Kier molecular flexibility index (Phi) is 6.57. The van der Waals surface area contributed by atoms with Crippen molar-refractivity contribution in [2.45, 2.75) is 52.6 Å². The molecular weight excluding hydrogens is 238 g/mol. The van der Waals surface area contributed by atoms with Crippen molar-refractivity contribution in [3.05, 3.63) is 29.8 Å². The fraction of sp³-hybridized carbons (Fsp3) is 0.562. The van der Waals surface area contributed by atoms with E-state index in [0.29, 0.717) is 0 Å². The third-order valence-electron chi connectivity index (χ3n) is 3.28. The van der Waals surface area contributed by atoms with Crippen molar-refractivity contribution < 1.29 is 9.90 Å². The average Bonchev–Trinajstić information content (AvgIpc) is 2.38. The van der Waals surface area contributed by atoms with Gasteiger partial charge in [-0.25, -0.2) is 0 Å². The smallest absolute Gasteiger partial charge is 0.227 e. The lowest BCUT2D eigenvalue weighted by Crippen LogP contribution is -2.22. The minimum absolute atomic E-state index is 0.0882. The highest BCUT2D eigenvalue weighted by molar-refractivity contribution is 5.92. The number of aliphatic hydroxyl groups excluding tert-OH is 1. The molecule has 3 heteroatoms. The largest absolute Gasteiger partial charge is 0.389 e. The van der Waals surface area contributed by atoms with Crippen LogP contribution in [0.3, 0.4) is 0 Å². The second kappa shape index (κ2) is 7.95. The maximum Gasteiger partial charge on any atom is 0.227 e. The number of aliphatic hydroxyl groups is 1. The van der Waals surface area contributed by atoms with Crippen LogP contribution < -0.4 is 5.32 Å². The SMILES string of the molecule is CCCC(CCC)C(=O)Nc1cccc([C@H](C)O)c1. The first-order chi connectivity index (χ1) is 9.08. The Morgan fingerprint density at radius 1 is 1.26 bits per heavy atom. The Balaban J connectivity index is 2.71. The molecule has 0 aliphatic rings. The molecule has 1 amide bonds. The second-order valence-corrected chi connectivity index (χ2v) is 5.06. The van der Waals surface area contributed by atoms with E-state index in [-0.39, 0.29) is 11.8 Å². The van der Waals surface area contributed by atoms with E-state index in [0.717, 1.165) is 36.9 Å². The van der Waals surface area contributed by atoms with Gasteiger partial charge in [0.1, 0.15) is 0 Å². The number of amides is 1. The number of hydrogen-bond donors (Lipinski definition) is 2. The molecule has 19 heavy (non-hydrogen) atoms. The molecule has 106 valence electrons. The number of carbonyl (C=O) groups is 1. The Morgan fingerprint density at radius 3 is 2.42 bits per heavy atom. The van der Waals surface area contributed by atoms with Gasteiger partial charge in [-0.2, -0.15) is 0 Å². The Labute approximate surface area is 116 Å². The molecule has 0 radical (unpaired) electrons. The Hall–Kier alpha value is -1.35. The zero-order valence-electron chi connectivity index (χ0n) is 12.1. The van der Waals surface area contributed by atoms with Crippen molar-refractivity contribution >= 4 is 11.6 Å². The van der Waals surface area contributed by atoms with E-state index < -0.39 is 6.10 Å². The van der Waals surface area contributed by atoms with Crippen LogP contribution in [0.1, 0.15) is 58.1 Å². The van der Waals surface area contributed by atoms with Crippen LogP contribution in [0.2, 0.25) is 0 Å². The van der Waals surface area contributed by atoms with Gasteiger partial charge in [-0.3, -0.25) is 4.79 Å². The summed E-state index contributed by atoms with van der Waals surface area (Å²) in [5.74, 6) is 0.177. The van der Waals surface area contributed by atoms with Gasteiger partial charge in [0.2, 0.25) is 5.91 Å². The molecule has 0 bridgehead atoms. The highest BCUT2D eigenvalue weighted by Gasteiger charge is 2.16. The molecule has 0 unspecified atom stereocenters. The molecule has 0 heterocycles. The maximum atomic E-state index is 12.2. The minimum Gasteiger partial charge on any atom is -0.389 e. The van der Waals surface area contributed by atoms with Crippen LogP contribution in [0.5, 0.6) is 0 Å². The predicted molar refractivity (Wildman–Crippen MR) is 79.0 cm³/mol. The number of rotatable bonds is 7. The summed E-state index contributed by atoms with van der Waals surface area (Å²) in [6, 6.07) is 7.40. The van der Waals surface area contributed by atoms with Gasteiger partial charge < -0.3 is 10.4 Å². The second-order valence-electron chi connectivity index (χ2n) is 5.06. The topological polar surface area (TPSA) is 49.3 Å². The van der Waals surface area contributed by atoms with Gasteiger partial charge >= 0.3 is 0 Å². The van der Waals surface area contributed by atoms with Crippen molar-refractivity contribution in [3.63, 3.8) is 0 Å². The lowest BCUT2D eigenvalue weighted by molar-refractivity contribution is -0.120. The molecule has 1 aromatic rings. The van der Waals surface area contributed by atoms with Crippen LogP contribution in [-0.2, 0) is 4.79 Å². The lowest BCUT2D eigenvalue weighted by atomic mass is 9.97. The Morgan fingerprint density at radius 2 is 1.89 bits per heavy atom. The first-order valence-electron chi connectivity index (χ1n) is 7.17. The number of hydrogen-bond acceptors (Lipinski definition) is 2. The van der Waals surface area contributed by atoms with Gasteiger partial charge in [-0.1, -0.05) is 38.8 Å². The summed E-state index contributed by atoms with van der Waals surface area (Å²) in [7, 11) is 0. The maximum absolute atomic E-state index is 12.2. The molecule has 0 aromatic heterocycles. The van der Waals surface area contributed by atoms with Crippen molar-refractivity contribution in [1.82, 2.24) is 0 Å². The van der Waals surface area contributed by atoms with Gasteiger partial charge in [0.25, 0.3) is 0 Å². The summed E-state index contributed by atoms with van der Waals surface area (Å²) in [5.41, 5.74) is 1.58. The summed E-state index contributed by atoms with van der Waals surface area (Å²) >= 11 is 0. The van der Waals surface area contributed by atoms with Gasteiger partial charge in [-0.15, -0.1) is 0 Å². The van der Waals surface area contributed by atoms with Gasteiger partial charge in [-0.05, 0) is 37.5 Å². The molecule has 0 aliphatic carbocycles. The summed E-state index contributed by atoms with van der Waals surface area (Å²) in [6.07, 6.45) is 3.38. The standard InChI is InChI=1S/C16H25NO2/c1-4-7-13(8-5-2)16(19)17-15-10-6-9-14(11-15)12(3)18/h6,9-13,18H,4-5,7-8H2,1-3H3,(H,17,19)/t12-/m0/s1. The molecule has 1 rings (SSSR count). The van der Waals surface area contributed by atoms with Crippen molar-refractivity contribution in [3.8, 4) is 0 Å². The van der Waals surface area contributed by atoms with Crippen LogP contribution in [0, 0.1) is 5.92 Å². The number of nitrogens with one attached hydrogen (secondary N) is 1. The van der Waals surface area contributed by atoms with Gasteiger partial charge in [0, 0.05) is 11.6 Å². The van der Waals surface area contributed by atoms with Crippen molar-refractivity contribution in [2.24, 2.45) is 5.92 Å². The lowest BCUT2D eigenvalue weighted by Gasteiger charge is -2.16. The zero-order chi connectivity index (χ0) is 14.3. The molecule has 2 N–H and O–H groups in total. The fourth-order valence-corrected chi connectivity index (χ4v) is 2.22. The van der Waals surface area contributed by atoms with E-state index in [1.807, 2.05) is 24.3 Å². The van der Waals surface area contributed by atoms with Gasteiger partial charge in [0.15, 0.2) is 0 Å². The van der Waals surface area contributed by atoms with Gasteiger partial charge in [0.05, 0.1) is 6.10 Å². The molecule has 0 saturated heterocycles. The molecule has 0 aliphatic heterocycles. The third-order valence-corrected chi connectivity index (χ3v) is 3.28. The first-order valence-corrected chi connectivity index (χ1v) is 7.17. The van der Waals surface area contributed by atoms with Crippen LogP contribution in [0.4, 0.5) is 5.69 Å². The Bertz CT molecular complexity index is 395. The average molecular weight is 263 g/mol. The van der Waals surface area contributed by atoms with Crippen molar-refractivity contribution in [1.29, 1.82) is 0 Å². The fourth-order valence-electron chi connectivity index (χ4n) is 2.22. The molecule has 1 aromatic carbocycles. The van der Waals surface area contributed by atoms with Crippen LogP contribution in [-0.4, -0.2) is 11.0 Å². The number of carbonyl (C=O) groups excluding carboxylic acids is 1. The number of anilines is 1. The molecule has 0 saturated carbocycles. The first kappa shape index (κ1) is 15.7. The highest BCUT2D eigenvalue weighted by Crippen LogP contribution is 2.20. The number of benzene rings is 1. The van der Waals surface area contributed by atoms with E-state index in [9.17, 15) is 9.90 Å². The van der Waals surface area contributed by atoms with E-state index in [2.05, 4.69) is 19.2 Å². The third kappa shape index (κ3) is 5.03. The summed E-state index contributed by atoms with van der Waals surface area (Å²) < 4.78 is 0. The van der Waals surface area contributed by atoms with Crippen LogP contribution >= 0.6 is 0 Å². The quantitative estimate of drug-likeness (QED) is 0.784. The van der Waals surface area contributed by atoms with Crippen LogP contribution in [0.25, 0.3) is 0 Å². The monoisotopic (exact) mass is 263 g/mol. The molecule has 0 fully saturated rings. The van der Waals surface area contributed by atoms with E-state index in [4.69, 9.17) is 0 Å². The zero-order valence-corrected chi connectivity index (χ0v) is 12.1. The van der Waals surface area contributed by atoms with E-state index in [1.165, 1.54) is 0 Å². The minimum atomic E-state index is -0.515. The summed E-state index contributed by atoms with van der Waals surface area (Å²) in [6.45, 7) is 5.92.